The van der Waals surface area contributed by atoms with Gasteiger partial charge in [-0.05, 0) is 0 Å². The summed E-state index contributed by atoms with van der Waals surface area (Å²) in [6.07, 6.45) is -4.82. The lowest BCUT2D eigenvalue weighted by Gasteiger charge is -2.41. The smallest absolute Gasteiger partial charge is 0.269 e. The predicted molar refractivity (Wildman–Crippen MR) is 39.1 cm³/mol. The van der Waals surface area contributed by atoms with Crippen molar-refractivity contribution in [3.05, 3.63) is 0 Å². The lowest BCUT2D eigenvalue weighted by molar-refractivity contribution is -0.0475. The van der Waals surface area contributed by atoms with Crippen LogP contribution in [0.1, 0.15) is 6.92 Å². The highest BCUT2D eigenvalue weighted by Crippen LogP contribution is 2.32. The van der Waals surface area contributed by atoms with Gasteiger partial charge in [0.15, 0.2) is 6.17 Å². The molecule has 5 heteroatoms. The average Bonchev–Trinajstić information content (AvgIpc) is 1.81. The van der Waals surface area contributed by atoms with Crippen LogP contribution in [0.2, 0.25) is 0 Å². The maximum absolute atomic E-state index is 12.6. The summed E-state index contributed by atoms with van der Waals surface area (Å²) in [5.41, 5.74) is -0.825. The molecule has 1 aliphatic rings. The molecule has 1 atom stereocenters. The molecular formula is C6H11ClF3N. The molecule has 68 valence electrons. The van der Waals surface area contributed by atoms with E-state index < -0.39 is 18.0 Å². The van der Waals surface area contributed by atoms with E-state index in [1.54, 1.807) is 0 Å². The molecule has 1 N–H and O–H groups in total. The lowest BCUT2D eigenvalue weighted by Crippen LogP contribution is -2.58. The summed E-state index contributed by atoms with van der Waals surface area (Å²) < 4.78 is 36.0. The molecule has 0 aromatic heterocycles. The molecular weight excluding hydrogens is 179 g/mol. The molecule has 0 aromatic rings. The van der Waals surface area contributed by atoms with Crippen molar-refractivity contribution in [2.24, 2.45) is 5.41 Å². The highest BCUT2D eigenvalue weighted by molar-refractivity contribution is 5.85. The number of rotatable bonds is 2. The summed E-state index contributed by atoms with van der Waals surface area (Å²) >= 11 is 0. The number of nitrogens with one attached hydrogen (secondary N) is 1. The third-order valence-corrected chi connectivity index (χ3v) is 1.94. The van der Waals surface area contributed by atoms with Crippen LogP contribution in [-0.4, -0.2) is 25.7 Å². The van der Waals surface area contributed by atoms with E-state index >= 15 is 0 Å². The maximum atomic E-state index is 12.6. The first-order chi connectivity index (χ1) is 4.56. The standard InChI is InChI=1S/C6H10F3N.ClH/c1-6(2-10-3-6)4(7)5(8)9;/h4-5,10H,2-3H2,1H3;1H. The number of alkyl halides is 3. The summed E-state index contributed by atoms with van der Waals surface area (Å²) in [5, 5.41) is 2.76. The normalized spacial score (nSPS) is 23.7. The predicted octanol–water partition coefficient (Wildman–Crippen LogP) is 1.62. The van der Waals surface area contributed by atoms with Crippen LogP contribution in [0, 0.1) is 5.41 Å². The summed E-state index contributed by atoms with van der Waals surface area (Å²) in [4.78, 5) is 0. The minimum atomic E-state index is -2.84. The third kappa shape index (κ3) is 1.99. The van der Waals surface area contributed by atoms with Gasteiger partial charge in [0.25, 0.3) is 6.43 Å². The van der Waals surface area contributed by atoms with Gasteiger partial charge in [0.1, 0.15) is 0 Å². The minimum Gasteiger partial charge on any atom is -0.315 e. The lowest BCUT2D eigenvalue weighted by atomic mass is 9.79. The Morgan fingerprint density at radius 1 is 1.27 bits per heavy atom. The van der Waals surface area contributed by atoms with Crippen LogP contribution in [-0.2, 0) is 0 Å². The molecule has 1 nitrogen and oxygen atoms in total. The quantitative estimate of drug-likeness (QED) is 0.696. The number of halogens is 4. The Kier molecular flexibility index (Phi) is 3.64. The van der Waals surface area contributed by atoms with Crippen molar-refractivity contribution in [3.8, 4) is 0 Å². The molecule has 1 aliphatic heterocycles. The van der Waals surface area contributed by atoms with Crippen molar-refractivity contribution >= 4 is 12.4 Å². The van der Waals surface area contributed by atoms with E-state index in [1.165, 1.54) is 6.92 Å². The van der Waals surface area contributed by atoms with Gasteiger partial charge in [-0.3, -0.25) is 0 Å². The average molecular weight is 190 g/mol. The van der Waals surface area contributed by atoms with E-state index in [2.05, 4.69) is 5.32 Å². The molecule has 1 heterocycles. The SMILES string of the molecule is CC1(C(F)C(F)F)CNC1.Cl. The molecule has 1 saturated heterocycles. The van der Waals surface area contributed by atoms with E-state index in [0.29, 0.717) is 13.1 Å². The highest BCUT2D eigenvalue weighted by atomic mass is 35.5. The fourth-order valence-corrected chi connectivity index (χ4v) is 1.02. The highest BCUT2D eigenvalue weighted by Gasteiger charge is 2.44. The van der Waals surface area contributed by atoms with E-state index in [-0.39, 0.29) is 12.4 Å². The first kappa shape index (κ1) is 11.0. The Hall–Kier alpha value is 0.0400. The first-order valence-corrected chi connectivity index (χ1v) is 3.19. The second-order valence-electron chi connectivity index (χ2n) is 2.99. The van der Waals surface area contributed by atoms with E-state index in [9.17, 15) is 13.2 Å². The fraction of sp³-hybridized carbons (Fsp3) is 1.00. The third-order valence-electron chi connectivity index (χ3n) is 1.94. The molecule has 1 fully saturated rings. The Bertz CT molecular complexity index is 127. The Balaban J connectivity index is 0.000001000. The second-order valence-corrected chi connectivity index (χ2v) is 2.99. The van der Waals surface area contributed by atoms with E-state index in [0.717, 1.165) is 0 Å². The van der Waals surface area contributed by atoms with Crippen LogP contribution in [0.4, 0.5) is 13.2 Å². The zero-order valence-electron chi connectivity index (χ0n) is 6.11. The molecule has 0 radical (unpaired) electrons. The van der Waals surface area contributed by atoms with Gasteiger partial charge in [-0.2, -0.15) is 0 Å². The van der Waals surface area contributed by atoms with Gasteiger partial charge in [0.2, 0.25) is 0 Å². The molecule has 0 amide bonds. The number of hydrogen-bond acceptors (Lipinski definition) is 1. The molecule has 11 heavy (non-hydrogen) atoms. The van der Waals surface area contributed by atoms with Crippen LogP contribution >= 0.6 is 12.4 Å². The van der Waals surface area contributed by atoms with Gasteiger partial charge in [0.05, 0.1) is 0 Å². The second kappa shape index (κ2) is 3.63. The van der Waals surface area contributed by atoms with Crippen LogP contribution < -0.4 is 5.32 Å². The zero-order valence-corrected chi connectivity index (χ0v) is 6.93. The molecule has 0 aliphatic carbocycles. The van der Waals surface area contributed by atoms with Crippen molar-refractivity contribution in [1.29, 1.82) is 0 Å². The maximum Gasteiger partial charge on any atom is 0.269 e. The van der Waals surface area contributed by atoms with Crippen molar-refractivity contribution in [2.45, 2.75) is 19.5 Å². The van der Waals surface area contributed by atoms with E-state index in [1.807, 2.05) is 0 Å². The molecule has 1 rings (SSSR count). The van der Waals surface area contributed by atoms with Gasteiger partial charge in [-0.15, -0.1) is 12.4 Å². The molecule has 1 unspecified atom stereocenters. The largest absolute Gasteiger partial charge is 0.315 e. The Labute approximate surface area is 69.8 Å². The van der Waals surface area contributed by atoms with Gasteiger partial charge in [-0.1, -0.05) is 6.92 Å². The summed E-state index contributed by atoms with van der Waals surface area (Å²) in [6, 6.07) is 0. The van der Waals surface area contributed by atoms with Crippen LogP contribution in [0.25, 0.3) is 0 Å². The minimum absolute atomic E-state index is 0. The summed E-state index contributed by atoms with van der Waals surface area (Å²) in [7, 11) is 0. The molecule has 0 spiro atoms. The van der Waals surface area contributed by atoms with E-state index in [4.69, 9.17) is 0 Å². The molecule has 0 saturated carbocycles. The summed E-state index contributed by atoms with van der Waals surface area (Å²) in [6.45, 7) is 2.25. The zero-order chi connectivity index (χ0) is 7.78. The van der Waals surface area contributed by atoms with Crippen LogP contribution in [0.5, 0.6) is 0 Å². The Morgan fingerprint density at radius 2 is 1.73 bits per heavy atom. The van der Waals surface area contributed by atoms with Crippen molar-refractivity contribution in [3.63, 3.8) is 0 Å². The van der Waals surface area contributed by atoms with Crippen molar-refractivity contribution < 1.29 is 13.2 Å². The van der Waals surface area contributed by atoms with Crippen molar-refractivity contribution in [1.82, 2.24) is 5.32 Å². The van der Waals surface area contributed by atoms with Gasteiger partial charge in [-0.25, -0.2) is 13.2 Å². The summed E-state index contributed by atoms with van der Waals surface area (Å²) in [5.74, 6) is 0. The van der Waals surface area contributed by atoms with Crippen LogP contribution in [0.15, 0.2) is 0 Å². The molecule has 0 bridgehead atoms. The van der Waals surface area contributed by atoms with Gasteiger partial charge < -0.3 is 5.32 Å². The van der Waals surface area contributed by atoms with Crippen molar-refractivity contribution in [2.75, 3.05) is 13.1 Å². The fourth-order valence-electron chi connectivity index (χ4n) is 1.02. The van der Waals surface area contributed by atoms with Gasteiger partial charge >= 0.3 is 0 Å². The number of hydrogen-bond donors (Lipinski definition) is 1. The molecule has 0 aromatic carbocycles. The first-order valence-electron chi connectivity index (χ1n) is 3.19. The monoisotopic (exact) mass is 189 g/mol. The topological polar surface area (TPSA) is 12.0 Å². The van der Waals surface area contributed by atoms with Crippen LogP contribution in [0.3, 0.4) is 0 Å². The van der Waals surface area contributed by atoms with Gasteiger partial charge in [0, 0.05) is 18.5 Å². The Morgan fingerprint density at radius 3 is 1.82 bits per heavy atom.